The maximum absolute atomic E-state index is 12.7. The summed E-state index contributed by atoms with van der Waals surface area (Å²) in [6.07, 6.45) is 6.77. The van der Waals surface area contributed by atoms with Gasteiger partial charge in [0, 0.05) is 25.0 Å². The van der Waals surface area contributed by atoms with Crippen LogP contribution < -0.4 is 4.74 Å². The fourth-order valence-electron chi connectivity index (χ4n) is 2.98. The highest BCUT2D eigenvalue weighted by atomic mass is 16.5. The lowest BCUT2D eigenvalue weighted by Gasteiger charge is -2.32. The molecule has 3 aromatic heterocycles. The summed E-state index contributed by atoms with van der Waals surface area (Å²) in [7, 11) is 0. The van der Waals surface area contributed by atoms with Crippen molar-refractivity contribution in [3.8, 4) is 17.2 Å². The van der Waals surface area contributed by atoms with Crippen LogP contribution in [0.4, 0.5) is 0 Å². The number of nitrogens with zero attached hydrogens (tertiary/aromatic N) is 3. The first-order chi connectivity index (χ1) is 12.3. The molecule has 4 rings (SSSR count). The van der Waals surface area contributed by atoms with Crippen LogP contribution >= 0.6 is 0 Å². The molecule has 1 amide bonds. The number of rotatable bonds is 4. The first-order valence-corrected chi connectivity index (χ1v) is 8.25. The van der Waals surface area contributed by atoms with Crippen LogP contribution in [-0.2, 0) is 0 Å². The molecule has 3 aromatic rings. The highest BCUT2D eigenvalue weighted by Crippen LogP contribution is 2.21. The number of hydrogen-bond acceptors (Lipinski definition) is 5. The number of H-pyrrole nitrogens is 1. The van der Waals surface area contributed by atoms with E-state index < -0.39 is 0 Å². The van der Waals surface area contributed by atoms with Crippen molar-refractivity contribution >= 4 is 5.91 Å². The zero-order valence-electron chi connectivity index (χ0n) is 13.6. The Labute approximate surface area is 144 Å². The fraction of sp³-hybridized carbons (Fsp3) is 0.278. The number of pyridine rings is 1. The van der Waals surface area contributed by atoms with Gasteiger partial charge >= 0.3 is 0 Å². The van der Waals surface area contributed by atoms with Gasteiger partial charge in [0.25, 0.3) is 5.91 Å². The molecular formula is C18H18N4O3. The molecule has 0 radical (unpaired) electrons. The number of carbonyl (C=O) groups is 1. The third kappa shape index (κ3) is 3.40. The molecule has 4 heterocycles. The van der Waals surface area contributed by atoms with Gasteiger partial charge in [-0.25, -0.2) is 0 Å². The van der Waals surface area contributed by atoms with Crippen LogP contribution in [0.25, 0.3) is 11.5 Å². The average molecular weight is 338 g/mol. The molecule has 0 saturated carbocycles. The van der Waals surface area contributed by atoms with Gasteiger partial charge in [0.1, 0.15) is 17.5 Å². The van der Waals surface area contributed by atoms with E-state index in [1.807, 2.05) is 18.2 Å². The van der Waals surface area contributed by atoms with Crippen LogP contribution in [0, 0.1) is 0 Å². The highest BCUT2D eigenvalue weighted by Gasteiger charge is 2.27. The predicted molar refractivity (Wildman–Crippen MR) is 90.1 cm³/mol. The molecule has 1 aliphatic rings. The number of aromatic nitrogens is 3. The van der Waals surface area contributed by atoms with Crippen LogP contribution in [0.3, 0.4) is 0 Å². The summed E-state index contributed by atoms with van der Waals surface area (Å²) < 4.78 is 11.3. The van der Waals surface area contributed by atoms with Gasteiger partial charge in [-0.15, -0.1) is 0 Å². The molecule has 1 fully saturated rings. The molecule has 128 valence electrons. The van der Waals surface area contributed by atoms with Gasteiger partial charge in [0.2, 0.25) is 0 Å². The number of amides is 1. The van der Waals surface area contributed by atoms with Crippen molar-refractivity contribution in [1.29, 1.82) is 0 Å². The van der Waals surface area contributed by atoms with Crippen molar-refractivity contribution in [3.05, 3.63) is 54.7 Å². The number of aromatic amines is 1. The van der Waals surface area contributed by atoms with Crippen molar-refractivity contribution in [3.63, 3.8) is 0 Å². The Balaban J connectivity index is 1.43. The molecule has 7 nitrogen and oxygen atoms in total. The standard InChI is InChI=1S/C18H18N4O3/c23-18(16-11-15(20-21-16)17-4-2-10-24-17)22-9-1-3-14(12-22)25-13-5-7-19-8-6-13/h2,4-8,10-11,14H,1,3,9,12H2,(H,20,21). The summed E-state index contributed by atoms with van der Waals surface area (Å²) in [6, 6.07) is 8.98. The maximum atomic E-state index is 12.7. The molecule has 1 atom stereocenters. The smallest absolute Gasteiger partial charge is 0.274 e. The Morgan fingerprint density at radius 2 is 2.20 bits per heavy atom. The first-order valence-electron chi connectivity index (χ1n) is 8.25. The van der Waals surface area contributed by atoms with Gasteiger partial charge in [0.15, 0.2) is 11.5 Å². The summed E-state index contributed by atoms with van der Waals surface area (Å²) in [5.41, 5.74) is 1.07. The molecule has 0 aliphatic carbocycles. The second-order valence-corrected chi connectivity index (χ2v) is 5.96. The van der Waals surface area contributed by atoms with Crippen molar-refractivity contribution in [2.24, 2.45) is 0 Å². The van der Waals surface area contributed by atoms with Gasteiger partial charge < -0.3 is 14.1 Å². The lowest BCUT2D eigenvalue weighted by molar-refractivity contribution is 0.0532. The van der Waals surface area contributed by atoms with Crippen LogP contribution in [0.1, 0.15) is 23.3 Å². The highest BCUT2D eigenvalue weighted by molar-refractivity contribution is 5.93. The second kappa shape index (κ2) is 6.80. The molecule has 0 aromatic carbocycles. The van der Waals surface area contributed by atoms with E-state index in [1.165, 1.54) is 0 Å². The number of hydrogen-bond donors (Lipinski definition) is 1. The van der Waals surface area contributed by atoms with E-state index in [2.05, 4.69) is 15.2 Å². The summed E-state index contributed by atoms with van der Waals surface area (Å²) in [5.74, 6) is 1.33. The summed E-state index contributed by atoms with van der Waals surface area (Å²) in [5, 5.41) is 6.98. The number of ether oxygens (including phenoxy) is 1. The van der Waals surface area contributed by atoms with Crippen molar-refractivity contribution < 1.29 is 13.9 Å². The molecule has 0 spiro atoms. The minimum absolute atomic E-state index is 0.0245. The Morgan fingerprint density at radius 3 is 3.00 bits per heavy atom. The summed E-state index contributed by atoms with van der Waals surface area (Å²) >= 11 is 0. The fourth-order valence-corrected chi connectivity index (χ4v) is 2.98. The molecule has 0 bridgehead atoms. The molecule has 25 heavy (non-hydrogen) atoms. The third-order valence-electron chi connectivity index (χ3n) is 4.20. The van der Waals surface area contributed by atoms with Crippen LogP contribution in [-0.4, -0.2) is 45.2 Å². The van der Waals surface area contributed by atoms with E-state index in [4.69, 9.17) is 9.15 Å². The third-order valence-corrected chi connectivity index (χ3v) is 4.20. The average Bonchev–Trinajstić information content (AvgIpc) is 3.34. The monoisotopic (exact) mass is 338 g/mol. The maximum Gasteiger partial charge on any atom is 0.274 e. The number of carbonyl (C=O) groups excluding carboxylic acids is 1. The molecule has 1 aliphatic heterocycles. The SMILES string of the molecule is O=C(c1cc(-c2ccco2)[nH]n1)N1CCCC(Oc2ccncc2)C1. The minimum atomic E-state index is -0.0999. The Bertz CT molecular complexity index is 829. The lowest BCUT2D eigenvalue weighted by atomic mass is 10.1. The topological polar surface area (TPSA) is 84.2 Å². The van der Waals surface area contributed by atoms with E-state index >= 15 is 0 Å². The number of piperidine rings is 1. The zero-order chi connectivity index (χ0) is 17.1. The van der Waals surface area contributed by atoms with Gasteiger partial charge in [-0.1, -0.05) is 0 Å². The van der Waals surface area contributed by atoms with Gasteiger partial charge in [0.05, 0.1) is 12.8 Å². The molecule has 7 heteroatoms. The van der Waals surface area contributed by atoms with Crippen LogP contribution in [0.15, 0.2) is 53.4 Å². The quantitative estimate of drug-likeness (QED) is 0.791. The van der Waals surface area contributed by atoms with Crippen LogP contribution in [0.5, 0.6) is 5.75 Å². The van der Waals surface area contributed by atoms with Crippen molar-refractivity contribution in [2.45, 2.75) is 18.9 Å². The van der Waals surface area contributed by atoms with Gasteiger partial charge in [-0.05, 0) is 37.1 Å². The van der Waals surface area contributed by atoms with Crippen LogP contribution in [0.2, 0.25) is 0 Å². The van der Waals surface area contributed by atoms with Crippen molar-refractivity contribution in [2.75, 3.05) is 13.1 Å². The van der Waals surface area contributed by atoms with Crippen molar-refractivity contribution in [1.82, 2.24) is 20.1 Å². The van der Waals surface area contributed by atoms with E-state index in [-0.39, 0.29) is 12.0 Å². The molecule has 1 N–H and O–H groups in total. The first kappa shape index (κ1) is 15.4. The predicted octanol–water partition coefficient (Wildman–Crippen LogP) is 2.75. The second-order valence-electron chi connectivity index (χ2n) is 5.96. The molecular weight excluding hydrogens is 320 g/mol. The lowest BCUT2D eigenvalue weighted by Crippen LogP contribution is -2.44. The zero-order valence-corrected chi connectivity index (χ0v) is 13.6. The van der Waals surface area contributed by atoms with E-state index in [0.29, 0.717) is 30.2 Å². The summed E-state index contributed by atoms with van der Waals surface area (Å²) in [4.78, 5) is 18.5. The normalized spacial score (nSPS) is 17.4. The Morgan fingerprint density at radius 1 is 1.32 bits per heavy atom. The molecule has 1 unspecified atom stereocenters. The van der Waals surface area contributed by atoms with Gasteiger partial charge in [-0.2, -0.15) is 5.10 Å². The molecule has 1 saturated heterocycles. The largest absolute Gasteiger partial charge is 0.488 e. The number of nitrogens with one attached hydrogen (secondary N) is 1. The number of likely N-dealkylation sites (tertiary alicyclic amines) is 1. The Hall–Kier alpha value is -3.09. The van der Waals surface area contributed by atoms with Gasteiger partial charge in [-0.3, -0.25) is 14.9 Å². The van der Waals surface area contributed by atoms with E-state index in [9.17, 15) is 4.79 Å². The van der Waals surface area contributed by atoms with E-state index in [0.717, 1.165) is 18.6 Å². The minimum Gasteiger partial charge on any atom is -0.488 e. The summed E-state index contributed by atoms with van der Waals surface area (Å²) in [6.45, 7) is 1.25. The number of furan rings is 1. The van der Waals surface area contributed by atoms with E-state index in [1.54, 1.807) is 35.7 Å². The Kier molecular flexibility index (Phi) is 4.20.